The lowest BCUT2D eigenvalue weighted by atomic mass is 10.1. The van der Waals surface area contributed by atoms with Gasteiger partial charge in [-0.3, -0.25) is 9.48 Å². The Hall–Kier alpha value is -2.60. The molecule has 0 aliphatic heterocycles. The summed E-state index contributed by atoms with van der Waals surface area (Å²) >= 11 is 6.39. The van der Waals surface area contributed by atoms with Crippen LogP contribution >= 0.6 is 22.9 Å². The van der Waals surface area contributed by atoms with Gasteiger partial charge >= 0.3 is 18.1 Å². The third-order valence-electron chi connectivity index (χ3n) is 3.61. The van der Waals surface area contributed by atoms with E-state index in [1.165, 1.54) is 6.92 Å². The van der Waals surface area contributed by atoms with Gasteiger partial charge in [-0.15, -0.1) is 11.3 Å². The van der Waals surface area contributed by atoms with Crippen molar-refractivity contribution in [1.82, 2.24) is 9.78 Å². The van der Waals surface area contributed by atoms with Crippen LogP contribution in [0.4, 0.5) is 18.2 Å². The number of alkyl halides is 3. The third kappa shape index (κ3) is 3.83. The van der Waals surface area contributed by atoms with Gasteiger partial charge in [-0.2, -0.15) is 18.3 Å². The highest BCUT2D eigenvalue weighted by molar-refractivity contribution is 7.18. The Balaban J connectivity index is 2.50. The van der Waals surface area contributed by atoms with Crippen LogP contribution in [0.5, 0.6) is 0 Å². The molecule has 152 valence electrons. The first kappa shape index (κ1) is 21.7. The molecular weight excluding hydrogens is 427 g/mol. The fraction of sp³-hybridized carbons (Fsp3) is 0.333. The number of aryl methyl sites for hydroxylation is 1. The summed E-state index contributed by atoms with van der Waals surface area (Å²) in [6.07, 6.45) is -4.83. The Morgan fingerprint density at radius 2 is 1.75 bits per heavy atom. The monoisotopic (exact) mass is 439 g/mol. The van der Waals surface area contributed by atoms with E-state index in [0.717, 1.165) is 21.3 Å². The van der Waals surface area contributed by atoms with Crippen molar-refractivity contribution >= 4 is 45.8 Å². The number of hydrogen-bond donors (Lipinski definition) is 1. The molecule has 1 amide bonds. The number of thiophene rings is 1. The lowest BCUT2D eigenvalue weighted by Crippen LogP contribution is -2.15. The van der Waals surface area contributed by atoms with Gasteiger partial charge < -0.3 is 14.8 Å². The predicted octanol–water partition coefficient (Wildman–Crippen LogP) is 3.29. The molecule has 2 aromatic heterocycles. The number of esters is 2. The minimum absolute atomic E-state index is 0.0151. The maximum atomic E-state index is 13.0. The zero-order chi connectivity index (χ0) is 21.4. The SMILES string of the molecule is COC(=O)c1sc(NC(=O)c2nn(C)c(C(F)(F)F)c2Cl)c(C(=O)OC)c1C. The zero-order valence-electron chi connectivity index (χ0n) is 14.9. The quantitative estimate of drug-likeness (QED) is 0.734. The van der Waals surface area contributed by atoms with Crippen LogP contribution in [0.25, 0.3) is 0 Å². The van der Waals surface area contributed by atoms with Crippen LogP contribution in [0, 0.1) is 6.92 Å². The van der Waals surface area contributed by atoms with E-state index in [9.17, 15) is 27.6 Å². The molecule has 8 nitrogen and oxygen atoms in total. The van der Waals surface area contributed by atoms with Gasteiger partial charge in [0, 0.05) is 7.05 Å². The number of anilines is 1. The van der Waals surface area contributed by atoms with Crippen molar-refractivity contribution in [2.45, 2.75) is 13.1 Å². The Labute approximate surface area is 165 Å². The lowest BCUT2D eigenvalue weighted by molar-refractivity contribution is -0.143. The van der Waals surface area contributed by atoms with Gasteiger partial charge in [0.2, 0.25) is 0 Å². The van der Waals surface area contributed by atoms with Gasteiger partial charge in [0.25, 0.3) is 5.91 Å². The van der Waals surface area contributed by atoms with Gasteiger partial charge in [0.05, 0.1) is 19.8 Å². The molecular formula is C15H13ClF3N3O5S. The topological polar surface area (TPSA) is 99.5 Å². The molecule has 28 heavy (non-hydrogen) atoms. The second-order valence-corrected chi connectivity index (χ2v) is 6.73. The number of amides is 1. The summed E-state index contributed by atoms with van der Waals surface area (Å²) in [7, 11) is 3.20. The van der Waals surface area contributed by atoms with Crippen LogP contribution in [-0.4, -0.2) is 41.8 Å². The molecule has 0 atom stereocenters. The molecule has 2 aromatic rings. The summed E-state index contributed by atoms with van der Waals surface area (Å²) in [4.78, 5) is 36.3. The van der Waals surface area contributed by atoms with Crippen LogP contribution in [-0.2, 0) is 22.7 Å². The summed E-state index contributed by atoms with van der Waals surface area (Å²) in [5.74, 6) is -2.72. The molecule has 0 spiro atoms. The van der Waals surface area contributed by atoms with Gasteiger partial charge in [0.1, 0.15) is 14.9 Å². The average molecular weight is 440 g/mol. The van der Waals surface area contributed by atoms with Crippen molar-refractivity contribution in [1.29, 1.82) is 0 Å². The minimum Gasteiger partial charge on any atom is -0.465 e. The summed E-state index contributed by atoms with van der Waals surface area (Å²) in [6.45, 7) is 1.43. The molecule has 1 N–H and O–H groups in total. The molecule has 0 aromatic carbocycles. The van der Waals surface area contributed by atoms with E-state index in [1.54, 1.807) is 0 Å². The van der Waals surface area contributed by atoms with E-state index >= 15 is 0 Å². The average Bonchev–Trinajstić information content (AvgIpc) is 3.09. The molecule has 0 radical (unpaired) electrons. The van der Waals surface area contributed by atoms with Crippen molar-refractivity contribution in [3.63, 3.8) is 0 Å². The van der Waals surface area contributed by atoms with Crippen LogP contribution in [0.15, 0.2) is 0 Å². The van der Waals surface area contributed by atoms with Crippen molar-refractivity contribution < 1.29 is 37.0 Å². The van der Waals surface area contributed by atoms with E-state index < -0.39 is 40.4 Å². The maximum absolute atomic E-state index is 13.0. The maximum Gasteiger partial charge on any atom is 0.434 e. The molecule has 0 bridgehead atoms. The van der Waals surface area contributed by atoms with Crippen molar-refractivity contribution in [2.24, 2.45) is 7.05 Å². The van der Waals surface area contributed by atoms with E-state index in [1.807, 2.05) is 0 Å². The first-order chi connectivity index (χ1) is 12.9. The number of nitrogens with zero attached hydrogens (tertiary/aromatic N) is 2. The van der Waals surface area contributed by atoms with Crippen LogP contribution in [0.1, 0.15) is 41.8 Å². The van der Waals surface area contributed by atoms with Gasteiger partial charge in [0.15, 0.2) is 11.4 Å². The normalized spacial score (nSPS) is 11.3. The number of ether oxygens (including phenoxy) is 2. The van der Waals surface area contributed by atoms with Crippen molar-refractivity contribution in [3.05, 3.63) is 32.4 Å². The van der Waals surface area contributed by atoms with Crippen LogP contribution in [0.2, 0.25) is 5.02 Å². The first-order valence-electron chi connectivity index (χ1n) is 7.35. The number of nitrogens with one attached hydrogen (secondary N) is 1. The van der Waals surface area contributed by atoms with Crippen LogP contribution in [0.3, 0.4) is 0 Å². The number of aromatic nitrogens is 2. The Kier molecular flexibility index (Phi) is 6.04. The molecule has 0 aliphatic carbocycles. The standard InChI is InChI=1S/C15H13ClF3N3O5S/c1-5-6(13(24)26-3)12(28-9(5)14(25)27-4)20-11(23)8-7(16)10(15(17,18)19)22(2)21-8/h1-4H3,(H,20,23). The van der Waals surface area contributed by atoms with Crippen molar-refractivity contribution in [3.8, 4) is 0 Å². The second kappa shape index (κ2) is 7.80. The molecule has 0 aliphatic rings. The smallest absolute Gasteiger partial charge is 0.434 e. The van der Waals surface area contributed by atoms with Crippen LogP contribution < -0.4 is 5.32 Å². The number of halogens is 4. The van der Waals surface area contributed by atoms with E-state index in [0.29, 0.717) is 16.0 Å². The lowest BCUT2D eigenvalue weighted by Gasteiger charge is -2.06. The Morgan fingerprint density at radius 3 is 2.21 bits per heavy atom. The molecule has 0 fully saturated rings. The summed E-state index contributed by atoms with van der Waals surface area (Å²) in [5, 5.41) is 4.74. The highest BCUT2D eigenvalue weighted by atomic mass is 35.5. The number of rotatable bonds is 4. The molecule has 0 unspecified atom stereocenters. The highest BCUT2D eigenvalue weighted by Gasteiger charge is 2.40. The predicted molar refractivity (Wildman–Crippen MR) is 92.9 cm³/mol. The molecule has 0 saturated carbocycles. The fourth-order valence-corrected chi connectivity index (χ4v) is 3.81. The summed E-state index contributed by atoms with van der Waals surface area (Å²) in [6, 6.07) is 0. The number of carbonyl (C=O) groups is 3. The molecule has 2 rings (SSSR count). The minimum atomic E-state index is -4.83. The van der Waals surface area contributed by atoms with E-state index in [4.69, 9.17) is 11.6 Å². The van der Waals surface area contributed by atoms with Gasteiger partial charge in [-0.25, -0.2) is 9.59 Å². The largest absolute Gasteiger partial charge is 0.465 e. The van der Waals surface area contributed by atoms with Crippen molar-refractivity contribution in [2.75, 3.05) is 19.5 Å². The van der Waals surface area contributed by atoms with Gasteiger partial charge in [-0.1, -0.05) is 11.6 Å². The number of hydrogen-bond acceptors (Lipinski definition) is 7. The first-order valence-corrected chi connectivity index (χ1v) is 8.54. The fourth-order valence-electron chi connectivity index (χ4n) is 2.35. The Bertz CT molecular complexity index is 967. The third-order valence-corrected chi connectivity index (χ3v) is 5.15. The molecule has 2 heterocycles. The van der Waals surface area contributed by atoms with E-state index in [-0.39, 0.29) is 21.0 Å². The molecule has 13 heteroatoms. The second-order valence-electron chi connectivity index (χ2n) is 5.33. The summed E-state index contributed by atoms with van der Waals surface area (Å²) < 4.78 is 48.7. The number of methoxy groups -OCH3 is 2. The van der Waals surface area contributed by atoms with Gasteiger partial charge in [-0.05, 0) is 12.5 Å². The number of carbonyl (C=O) groups excluding carboxylic acids is 3. The van der Waals surface area contributed by atoms with E-state index in [2.05, 4.69) is 19.9 Å². The summed E-state index contributed by atoms with van der Waals surface area (Å²) in [5.41, 5.74) is -1.95. The highest BCUT2D eigenvalue weighted by Crippen LogP contribution is 2.37. The zero-order valence-corrected chi connectivity index (χ0v) is 16.4. The Morgan fingerprint density at radius 1 is 1.18 bits per heavy atom. The molecule has 0 saturated heterocycles.